The van der Waals surface area contributed by atoms with Crippen LogP contribution in [0.25, 0.3) is 0 Å². The molecule has 4 nitrogen and oxygen atoms in total. The summed E-state index contributed by atoms with van der Waals surface area (Å²) in [5.74, 6) is -3.84. The summed E-state index contributed by atoms with van der Waals surface area (Å²) in [5, 5.41) is 11.0. The molecule has 0 aliphatic heterocycles. The molecule has 0 heterocycles. The summed E-state index contributed by atoms with van der Waals surface area (Å²) in [5.41, 5.74) is -0.648. The van der Waals surface area contributed by atoms with Crippen LogP contribution in [0.1, 0.15) is 20.7 Å². The largest absolute Gasteiger partial charge is 0.478 e. The molecule has 0 spiro atoms. The zero-order valence-electron chi connectivity index (χ0n) is 10.1. The first-order valence-corrected chi connectivity index (χ1v) is 5.58. The molecule has 0 saturated carbocycles. The van der Waals surface area contributed by atoms with Crippen molar-refractivity contribution in [3.63, 3.8) is 0 Å². The number of anilines is 1. The Kier molecular flexibility index (Phi) is 3.74. The van der Waals surface area contributed by atoms with Gasteiger partial charge in [0, 0.05) is 5.69 Å². The average molecular weight is 277 g/mol. The molecule has 0 unspecified atom stereocenters. The van der Waals surface area contributed by atoms with Gasteiger partial charge < -0.3 is 10.4 Å². The maximum atomic E-state index is 13.4. The molecule has 2 rings (SSSR count). The standard InChI is InChI=1S/C14H9F2NO3/c15-11-4-2-1-3-9(11)13(18)17-8-5-6-10(14(19)20)12(16)7-8/h1-7H,(H,17,18)(H,19,20). The second kappa shape index (κ2) is 5.48. The van der Waals surface area contributed by atoms with E-state index in [1.807, 2.05) is 0 Å². The SMILES string of the molecule is O=C(O)c1ccc(NC(=O)c2ccccc2F)cc1F. The molecule has 0 radical (unpaired) electrons. The minimum absolute atomic E-state index is 0.0424. The van der Waals surface area contributed by atoms with Gasteiger partial charge in [-0.25, -0.2) is 13.6 Å². The molecular formula is C14H9F2NO3. The van der Waals surface area contributed by atoms with E-state index in [0.717, 1.165) is 18.2 Å². The van der Waals surface area contributed by atoms with Crippen molar-refractivity contribution < 1.29 is 23.5 Å². The minimum Gasteiger partial charge on any atom is -0.478 e. The molecule has 0 saturated heterocycles. The lowest BCUT2D eigenvalue weighted by atomic mass is 10.1. The van der Waals surface area contributed by atoms with Crippen LogP contribution in [0.2, 0.25) is 0 Å². The third-order valence-corrected chi connectivity index (χ3v) is 2.58. The lowest BCUT2D eigenvalue weighted by molar-refractivity contribution is 0.0692. The second-order valence-corrected chi connectivity index (χ2v) is 3.93. The molecule has 20 heavy (non-hydrogen) atoms. The minimum atomic E-state index is -1.41. The molecule has 0 bridgehead atoms. The van der Waals surface area contributed by atoms with Crippen LogP contribution < -0.4 is 5.32 Å². The zero-order chi connectivity index (χ0) is 14.7. The zero-order valence-corrected chi connectivity index (χ0v) is 10.1. The summed E-state index contributed by atoms with van der Waals surface area (Å²) in [6.45, 7) is 0. The highest BCUT2D eigenvalue weighted by molar-refractivity contribution is 6.04. The van der Waals surface area contributed by atoms with Gasteiger partial charge in [0.25, 0.3) is 5.91 Å². The van der Waals surface area contributed by atoms with Crippen molar-refractivity contribution in [2.75, 3.05) is 5.32 Å². The van der Waals surface area contributed by atoms with Crippen molar-refractivity contribution in [1.82, 2.24) is 0 Å². The van der Waals surface area contributed by atoms with Crippen molar-refractivity contribution in [2.45, 2.75) is 0 Å². The Morgan fingerprint density at radius 3 is 2.25 bits per heavy atom. The number of hydrogen-bond acceptors (Lipinski definition) is 2. The number of nitrogens with one attached hydrogen (secondary N) is 1. The number of halogens is 2. The molecule has 0 fully saturated rings. The smallest absolute Gasteiger partial charge is 0.338 e. The van der Waals surface area contributed by atoms with Gasteiger partial charge in [0.05, 0.1) is 11.1 Å². The molecule has 102 valence electrons. The molecule has 0 aliphatic rings. The summed E-state index contributed by atoms with van der Waals surface area (Å²) >= 11 is 0. The first-order valence-electron chi connectivity index (χ1n) is 5.58. The van der Waals surface area contributed by atoms with E-state index in [0.29, 0.717) is 0 Å². The van der Waals surface area contributed by atoms with Crippen LogP contribution in [-0.2, 0) is 0 Å². The van der Waals surface area contributed by atoms with E-state index in [1.54, 1.807) is 0 Å². The highest BCUT2D eigenvalue weighted by Crippen LogP contribution is 2.16. The van der Waals surface area contributed by atoms with Crippen LogP contribution in [0, 0.1) is 11.6 Å². The van der Waals surface area contributed by atoms with Gasteiger partial charge in [0.15, 0.2) is 0 Å². The van der Waals surface area contributed by atoms with Gasteiger partial charge in [-0.3, -0.25) is 4.79 Å². The Labute approximate surface area is 112 Å². The predicted molar refractivity (Wildman–Crippen MR) is 67.7 cm³/mol. The molecular weight excluding hydrogens is 268 g/mol. The van der Waals surface area contributed by atoms with Gasteiger partial charge in [-0.2, -0.15) is 0 Å². The lowest BCUT2D eigenvalue weighted by Gasteiger charge is -2.07. The fraction of sp³-hybridized carbons (Fsp3) is 0. The predicted octanol–water partition coefficient (Wildman–Crippen LogP) is 2.92. The third kappa shape index (κ3) is 2.80. The van der Waals surface area contributed by atoms with Crippen LogP contribution in [0.15, 0.2) is 42.5 Å². The van der Waals surface area contributed by atoms with Crippen LogP contribution in [0.3, 0.4) is 0 Å². The van der Waals surface area contributed by atoms with Crippen molar-refractivity contribution in [2.24, 2.45) is 0 Å². The van der Waals surface area contributed by atoms with Crippen molar-refractivity contribution in [3.05, 3.63) is 65.2 Å². The van der Waals surface area contributed by atoms with Crippen LogP contribution in [0.4, 0.5) is 14.5 Å². The molecule has 2 aromatic carbocycles. The Hall–Kier alpha value is -2.76. The average Bonchev–Trinajstić information content (AvgIpc) is 2.38. The van der Waals surface area contributed by atoms with Gasteiger partial charge in [0.2, 0.25) is 0 Å². The van der Waals surface area contributed by atoms with E-state index in [2.05, 4.69) is 5.32 Å². The Balaban J connectivity index is 2.23. The summed E-state index contributed by atoms with van der Waals surface area (Å²) in [7, 11) is 0. The molecule has 2 aromatic rings. The quantitative estimate of drug-likeness (QED) is 0.906. The molecule has 0 aliphatic carbocycles. The van der Waals surface area contributed by atoms with Gasteiger partial charge in [0.1, 0.15) is 11.6 Å². The number of amides is 1. The van der Waals surface area contributed by atoms with E-state index in [4.69, 9.17) is 5.11 Å². The number of carbonyl (C=O) groups excluding carboxylic acids is 1. The van der Waals surface area contributed by atoms with E-state index in [9.17, 15) is 18.4 Å². The number of rotatable bonds is 3. The topological polar surface area (TPSA) is 66.4 Å². The Morgan fingerprint density at radius 1 is 0.950 bits per heavy atom. The maximum absolute atomic E-state index is 13.4. The van der Waals surface area contributed by atoms with Gasteiger partial charge in [-0.05, 0) is 30.3 Å². The fourth-order valence-electron chi connectivity index (χ4n) is 1.61. The first-order chi connectivity index (χ1) is 9.49. The van der Waals surface area contributed by atoms with E-state index in [-0.39, 0.29) is 11.3 Å². The number of hydrogen-bond donors (Lipinski definition) is 2. The van der Waals surface area contributed by atoms with E-state index in [1.165, 1.54) is 24.3 Å². The summed E-state index contributed by atoms with van der Waals surface area (Å²) in [6.07, 6.45) is 0. The summed E-state index contributed by atoms with van der Waals surface area (Å²) in [4.78, 5) is 22.4. The molecule has 0 atom stereocenters. The molecule has 0 aromatic heterocycles. The molecule has 2 N–H and O–H groups in total. The Morgan fingerprint density at radius 2 is 1.65 bits per heavy atom. The van der Waals surface area contributed by atoms with E-state index >= 15 is 0 Å². The van der Waals surface area contributed by atoms with Crippen molar-refractivity contribution >= 4 is 17.6 Å². The normalized spacial score (nSPS) is 10.1. The number of carboxylic acids is 1. The van der Waals surface area contributed by atoms with Gasteiger partial charge in [-0.1, -0.05) is 12.1 Å². The monoisotopic (exact) mass is 277 g/mol. The van der Waals surface area contributed by atoms with Gasteiger partial charge >= 0.3 is 5.97 Å². The van der Waals surface area contributed by atoms with Crippen molar-refractivity contribution in [3.8, 4) is 0 Å². The number of carbonyl (C=O) groups is 2. The van der Waals surface area contributed by atoms with Crippen molar-refractivity contribution in [1.29, 1.82) is 0 Å². The maximum Gasteiger partial charge on any atom is 0.338 e. The number of carboxylic acid groups (broad SMARTS) is 1. The van der Waals surface area contributed by atoms with Crippen LogP contribution in [-0.4, -0.2) is 17.0 Å². The first kappa shape index (κ1) is 13.7. The summed E-state index contributed by atoms with van der Waals surface area (Å²) in [6, 6.07) is 8.46. The second-order valence-electron chi connectivity index (χ2n) is 3.93. The van der Waals surface area contributed by atoms with Gasteiger partial charge in [-0.15, -0.1) is 0 Å². The third-order valence-electron chi connectivity index (χ3n) is 2.58. The highest BCUT2D eigenvalue weighted by atomic mass is 19.1. The lowest BCUT2D eigenvalue weighted by Crippen LogP contribution is -2.14. The molecule has 1 amide bonds. The van der Waals surface area contributed by atoms with E-state index < -0.39 is 29.1 Å². The fourth-order valence-corrected chi connectivity index (χ4v) is 1.61. The number of aromatic carboxylic acids is 1. The Bertz CT molecular complexity index is 686. The van der Waals surface area contributed by atoms with Crippen LogP contribution >= 0.6 is 0 Å². The molecule has 6 heteroatoms. The number of benzene rings is 2. The van der Waals surface area contributed by atoms with Crippen LogP contribution in [0.5, 0.6) is 0 Å². The highest BCUT2D eigenvalue weighted by Gasteiger charge is 2.14. The summed E-state index contributed by atoms with van der Waals surface area (Å²) < 4.78 is 26.8.